The van der Waals surface area contributed by atoms with E-state index in [9.17, 15) is 18.4 Å². The van der Waals surface area contributed by atoms with E-state index in [0.29, 0.717) is 16.8 Å². The number of nitrogens with zero attached hydrogens (tertiary/aromatic N) is 2. The van der Waals surface area contributed by atoms with Crippen molar-refractivity contribution in [2.75, 3.05) is 13.7 Å². The summed E-state index contributed by atoms with van der Waals surface area (Å²) in [7, 11) is 1.39. The van der Waals surface area contributed by atoms with E-state index in [1.807, 2.05) is 0 Å². The number of methoxy groups -OCH3 is 1. The first kappa shape index (κ1) is 20.6. The highest BCUT2D eigenvalue weighted by atomic mass is 19.3. The number of rotatable bonds is 10. The van der Waals surface area contributed by atoms with Crippen LogP contribution in [-0.2, 0) is 17.8 Å². The van der Waals surface area contributed by atoms with Gasteiger partial charge in [0.1, 0.15) is 5.78 Å². The van der Waals surface area contributed by atoms with Gasteiger partial charge in [0.05, 0.1) is 7.11 Å². The van der Waals surface area contributed by atoms with Crippen molar-refractivity contribution in [2.24, 2.45) is 5.92 Å². The number of Topliss-reactive ketones (excluding diaryl/α,β-unsaturated/α-hetero) is 1. The van der Waals surface area contributed by atoms with Gasteiger partial charge < -0.3 is 14.8 Å². The van der Waals surface area contributed by atoms with E-state index in [0.717, 1.165) is 12.8 Å². The van der Waals surface area contributed by atoms with Crippen molar-refractivity contribution in [3.63, 3.8) is 0 Å². The van der Waals surface area contributed by atoms with Crippen LogP contribution in [0.15, 0.2) is 30.5 Å². The number of carbonyl (C=O) groups is 2. The second-order valence-electron chi connectivity index (χ2n) is 6.66. The van der Waals surface area contributed by atoms with E-state index in [2.05, 4.69) is 15.3 Å². The highest BCUT2D eigenvalue weighted by Gasteiger charge is 2.29. The van der Waals surface area contributed by atoms with Crippen molar-refractivity contribution >= 4 is 11.7 Å². The van der Waals surface area contributed by atoms with Crippen LogP contribution in [0.3, 0.4) is 0 Å². The van der Waals surface area contributed by atoms with Gasteiger partial charge in [-0.2, -0.15) is 4.98 Å². The molecule has 7 nitrogen and oxygen atoms in total. The average Bonchev–Trinajstić information content (AvgIpc) is 3.56. The van der Waals surface area contributed by atoms with Crippen LogP contribution in [0.1, 0.15) is 34.5 Å². The average molecular weight is 405 g/mol. The monoisotopic (exact) mass is 405 g/mol. The highest BCUT2D eigenvalue weighted by molar-refractivity contribution is 5.94. The molecule has 0 bridgehead atoms. The molecule has 0 radical (unpaired) electrons. The Kier molecular flexibility index (Phi) is 6.69. The summed E-state index contributed by atoms with van der Waals surface area (Å²) < 4.78 is 34.5. The number of carbonyl (C=O) groups excluding carboxylic acids is 2. The molecule has 0 aliphatic heterocycles. The van der Waals surface area contributed by atoms with Gasteiger partial charge in [-0.3, -0.25) is 14.6 Å². The van der Waals surface area contributed by atoms with Crippen molar-refractivity contribution < 1.29 is 27.8 Å². The number of hydrogen-bond acceptors (Lipinski definition) is 6. The molecule has 2 aromatic rings. The molecule has 1 N–H and O–H groups in total. The first-order valence-corrected chi connectivity index (χ1v) is 9.17. The largest absolute Gasteiger partial charge is 0.481 e. The number of nitrogens with one attached hydrogen (secondary N) is 1. The minimum absolute atomic E-state index is 0.0105. The molecule has 3 rings (SSSR count). The van der Waals surface area contributed by atoms with Gasteiger partial charge in [-0.05, 0) is 31.0 Å². The Hall–Kier alpha value is -3.10. The van der Waals surface area contributed by atoms with Crippen LogP contribution in [-0.4, -0.2) is 41.8 Å². The van der Waals surface area contributed by atoms with Gasteiger partial charge in [-0.1, -0.05) is 0 Å². The number of hydrogen-bond donors (Lipinski definition) is 1. The molecule has 9 heteroatoms. The molecule has 1 amide bonds. The predicted molar refractivity (Wildman–Crippen MR) is 99.1 cm³/mol. The smallest absolute Gasteiger partial charge is 0.272 e. The third-order valence-corrected chi connectivity index (χ3v) is 4.37. The lowest BCUT2D eigenvalue weighted by Crippen LogP contribution is -2.23. The van der Waals surface area contributed by atoms with Crippen LogP contribution in [0.5, 0.6) is 11.8 Å². The van der Waals surface area contributed by atoms with Crippen LogP contribution in [0.25, 0.3) is 0 Å². The Labute approximate surface area is 166 Å². The minimum atomic E-state index is -2.61. The van der Waals surface area contributed by atoms with Crippen molar-refractivity contribution in [3.05, 3.63) is 47.3 Å². The molecule has 0 unspecified atom stereocenters. The fourth-order valence-electron chi connectivity index (χ4n) is 2.71. The van der Waals surface area contributed by atoms with E-state index in [1.165, 1.54) is 19.4 Å². The summed E-state index contributed by atoms with van der Waals surface area (Å²) in [5.74, 6) is 0.133. The molecule has 2 heterocycles. The number of halogens is 2. The lowest BCUT2D eigenvalue weighted by molar-refractivity contribution is -0.119. The first-order chi connectivity index (χ1) is 14.0. The third kappa shape index (κ3) is 5.94. The van der Waals surface area contributed by atoms with Gasteiger partial charge in [0.15, 0.2) is 6.61 Å². The van der Waals surface area contributed by atoms with E-state index in [-0.39, 0.29) is 42.3 Å². The van der Waals surface area contributed by atoms with Crippen LogP contribution < -0.4 is 14.8 Å². The summed E-state index contributed by atoms with van der Waals surface area (Å²) in [6.07, 6.45) is 0.985. The maximum absolute atomic E-state index is 12.5. The van der Waals surface area contributed by atoms with Crippen LogP contribution in [0.4, 0.5) is 8.78 Å². The number of amides is 1. The fraction of sp³-hybridized carbons (Fsp3) is 0.400. The van der Waals surface area contributed by atoms with Gasteiger partial charge in [0.2, 0.25) is 11.8 Å². The lowest BCUT2D eigenvalue weighted by Gasteiger charge is -2.11. The summed E-state index contributed by atoms with van der Waals surface area (Å²) >= 11 is 0. The summed E-state index contributed by atoms with van der Waals surface area (Å²) in [5.41, 5.74) is 1.51. The SMILES string of the molecule is COc1nc(OCC(F)F)ccc1CNC(=O)c1ccnc(CC(=O)C2CC2)c1. The van der Waals surface area contributed by atoms with E-state index in [1.54, 1.807) is 18.2 Å². The van der Waals surface area contributed by atoms with E-state index in [4.69, 9.17) is 9.47 Å². The Morgan fingerprint density at radius 2 is 2.07 bits per heavy atom. The van der Waals surface area contributed by atoms with Gasteiger partial charge in [0.25, 0.3) is 12.3 Å². The molecule has 154 valence electrons. The number of ether oxygens (including phenoxy) is 2. The summed E-state index contributed by atoms with van der Waals surface area (Å²) in [6.45, 7) is -0.650. The van der Waals surface area contributed by atoms with E-state index >= 15 is 0 Å². The molecule has 0 saturated heterocycles. The molecule has 1 fully saturated rings. The molecule has 1 saturated carbocycles. The Bertz CT molecular complexity index is 888. The minimum Gasteiger partial charge on any atom is -0.481 e. The summed E-state index contributed by atoms with van der Waals surface area (Å²) in [5, 5.41) is 2.74. The number of ketones is 1. The number of pyridine rings is 2. The molecule has 2 aromatic heterocycles. The molecular formula is C20H21F2N3O4. The highest BCUT2D eigenvalue weighted by Crippen LogP contribution is 2.30. The molecule has 0 atom stereocenters. The maximum atomic E-state index is 12.5. The second-order valence-corrected chi connectivity index (χ2v) is 6.66. The zero-order valence-corrected chi connectivity index (χ0v) is 15.9. The standard InChI is InChI=1S/C20H21F2N3O4/c1-28-20-14(4-5-18(25-20)29-11-17(21)22)10-24-19(27)13-6-7-23-15(8-13)9-16(26)12-2-3-12/h4-8,12,17H,2-3,9-11H2,1H3,(H,24,27). The maximum Gasteiger partial charge on any atom is 0.272 e. The quantitative estimate of drug-likeness (QED) is 0.654. The Morgan fingerprint density at radius 1 is 1.28 bits per heavy atom. The van der Waals surface area contributed by atoms with Crippen molar-refractivity contribution in [2.45, 2.75) is 32.2 Å². The third-order valence-electron chi connectivity index (χ3n) is 4.37. The van der Waals surface area contributed by atoms with Crippen molar-refractivity contribution in [1.29, 1.82) is 0 Å². The van der Waals surface area contributed by atoms with Crippen molar-refractivity contribution in [1.82, 2.24) is 15.3 Å². The second kappa shape index (κ2) is 9.40. The number of aromatic nitrogens is 2. The summed E-state index contributed by atoms with van der Waals surface area (Å²) in [6, 6.07) is 6.18. The molecule has 1 aliphatic carbocycles. The fourth-order valence-corrected chi connectivity index (χ4v) is 2.71. The predicted octanol–water partition coefficient (Wildman–Crippen LogP) is 2.58. The van der Waals surface area contributed by atoms with Gasteiger partial charge in [-0.15, -0.1) is 0 Å². The molecule has 0 spiro atoms. The normalized spacial score (nSPS) is 13.2. The number of alkyl halides is 2. The summed E-state index contributed by atoms with van der Waals surface area (Å²) in [4.78, 5) is 32.6. The van der Waals surface area contributed by atoms with Crippen molar-refractivity contribution in [3.8, 4) is 11.8 Å². The van der Waals surface area contributed by atoms with Gasteiger partial charge in [0, 0.05) is 48.0 Å². The zero-order valence-electron chi connectivity index (χ0n) is 15.9. The first-order valence-electron chi connectivity index (χ1n) is 9.17. The Balaban J connectivity index is 1.60. The van der Waals surface area contributed by atoms with Crippen LogP contribution >= 0.6 is 0 Å². The molecule has 0 aromatic carbocycles. The molecule has 1 aliphatic rings. The Morgan fingerprint density at radius 3 is 2.76 bits per heavy atom. The van der Waals surface area contributed by atoms with Gasteiger partial charge in [-0.25, -0.2) is 8.78 Å². The van der Waals surface area contributed by atoms with E-state index < -0.39 is 13.0 Å². The topological polar surface area (TPSA) is 90.4 Å². The molecular weight excluding hydrogens is 384 g/mol. The van der Waals surface area contributed by atoms with Gasteiger partial charge >= 0.3 is 0 Å². The molecule has 29 heavy (non-hydrogen) atoms. The zero-order chi connectivity index (χ0) is 20.8. The van der Waals surface area contributed by atoms with Crippen LogP contribution in [0, 0.1) is 5.92 Å². The lowest BCUT2D eigenvalue weighted by atomic mass is 10.1. The van der Waals surface area contributed by atoms with Crippen LogP contribution in [0.2, 0.25) is 0 Å².